The van der Waals surface area contributed by atoms with Gasteiger partial charge < -0.3 is 15.5 Å². The van der Waals surface area contributed by atoms with Gasteiger partial charge in [-0.1, -0.05) is 28.1 Å². The fourth-order valence-electron chi connectivity index (χ4n) is 2.83. The molecule has 4 nitrogen and oxygen atoms in total. The smallest absolute Gasteiger partial charge is 0.247 e. The fraction of sp³-hybridized carbons (Fsp3) is 0.353. The topological polar surface area (TPSA) is 49.6 Å². The highest BCUT2D eigenvalue weighted by molar-refractivity contribution is 9.10. The Kier molecular flexibility index (Phi) is 4.75. The van der Waals surface area contributed by atoms with Crippen LogP contribution in [-0.4, -0.2) is 37.0 Å². The Morgan fingerprint density at radius 1 is 1.17 bits per heavy atom. The molecule has 0 aliphatic carbocycles. The normalized spacial score (nSPS) is 17.9. The molecule has 1 fully saturated rings. The SMILES string of the molecule is CC(N)(C(=O)N1CCN(c2cccs2)CC1)c1ccc(Br)cc1. The lowest BCUT2D eigenvalue weighted by Crippen LogP contribution is -2.56. The zero-order valence-electron chi connectivity index (χ0n) is 13.0. The van der Waals surface area contributed by atoms with Gasteiger partial charge >= 0.3 is 0 Å². The molecule has 0 saturated carbocycles. The van der Waals surface area contributed by atoms with Gasteiger partial charge in [-0.15, -0.1) is 11.3 Å². The van der Waals surface area contributed by atoms with E-state index in [4.69, 9.17) is 5.73 Å². The molecule has 3 rings (SSSR count). The van der Waals surface area contributed by atoms with Crippen LogP contribution >= 0.6 is 27.3 Å². The molecule has 1 aromatic heterocycles. The summed E-state index contributed by atoms with van der Waals surface area (Å²) in [6, 6.07) is 11.8. The van der Waals surface area contributed by atoms with Crippen LogP contribution in [0.15, 0.2) is 46.3 Å². The summed E-state index contributed by atoms with van der Waals surface area (Å²) < 4.78 is 0.981. The third-order valence-corrected chi connectivity index (χ3v) is 5.73. The predicted molar refractivity (Wildman–Crippen MR) is 98.8 cm³/mol. The fourth-order valence-corrected chi connectivity index (χ4v) is 3.88. The van der Waals surface area contributed by atoms with Gasteiger partial charge in [-0.2, -0.15) is 0 Å². The summed E-state index contributed by atoms with van der Waals surface area (Å²) in [5.41, 5.74) is 6.22. The molecule has 2 aromatic rings. The Hall–Kier alpha value is -1.37. The Bertz CT molecular complexity index is 662. The number of carbonyl (C=O) groups excluding carboxylic acids is 1. The number of piperazine rings is 1. The first-order chi connectivity index (χ1) is 11.0. The molecular formula is C17H20BrN3OS. The quantitative estimate of drug-likeness (QED) is 0.871. The van der Waals surface area contributed by atoms with Crippen molar-refractivity contribution in [1.82, 2.24) is 4.90 Å². The van der Waals surface area contributed by atoms with Gasteiger partial charge in [-0.25, -0.2) is 0 Å². The molecule has 1 atom stereocenters. The molecule has 2 N–H and O–H groups in total. The van der Waals surface area contributed by atoms with Crippen molar-refractivity contribution in [1.29, 1.82) is 0 Å². The summed E-state index contributed by atoms with van der Waals surface area (Å²) in [5.74, 6) is -0.00866. The summed E-state index contributed by atoms with van der Waals surface area (Å²) >= 11 is 5.15. The van der Waals surface area contributed by atoms with Crippen LogP contribution in [-0.2, 0) is 10.3 Å². The van der Waals surface area contributed by atoms with Crippen LogP contribution in [0, 0.1) is 0 Å². The minimum absolute atomic E-state index is 0.00866. The van der Waals surface area contributed by atoms with Gasteiger partial charge in [0.15, 0.2) is 0 Å². The molecule has 122 valence electrons. The summed E-state index contributed by atoms with van der Waals surface area (Å²) in [6.07, 6.45) is 0. The van der Waals surface area contributed by atoms with E-state index in [9.17, 15) is 4.79 Å². The molecule has 6 heteroatoms. The molecule has 0 spiro atoms. The monoisotopic (exact) mass is 393 g/mol. The lowest BCUT2D eigenvalue weighted by molar-refractivity contribution is -0.137. The van der Waals surface area contributed by atoms with E-state index in [1.165, 1.54) is 5.00 Å². The summed E-state index contributed by atoms with van der Waals surface area (Å²) in [6.45, 7) is 4.91. The second kappa shape index (κ2) is 6.63. The number of thiophene rings is 1. The van der Waals surface area contributed by atoms with Crippen molar-refractivity contribution in [2.45, 2.75) is 12.5 Å². The van der Waals surface area contributed by atoms with Crippen LogP contribution < -0.4 is 10.6 Å². The van der Waals surface area contributed by atoms with Crippen molar-refractivity contribution in [3.63, 3.8) is 0 Å². The van der Waals surface area contributed by atoms with Crippen molar-refractivity contribution in [3.8, 4) is 0 Å². The Balaban J connectivity index is 1.67. The molecule has 2 heterocycles. The number of anilines is 1. The van der Waals surface area contributed by atoms with E-state index in [1.54, 1.807) is 18.3 Å². The highest BCUT2D eigenvalue weighted by Crippen LogP contribution is 2.26. The number of nitrogens with two attached hydrogens (primary N) is 1. The van der Waals surface area contributed by atoms with Crippen LogP contribution in [0.25, 0.3) is 0 Å². The number of carbonyl (C=O) groups is 1. The van der Waals surface area contributed by atoms with E-state index in [0.29, 0.717) is 13.1 Å². The Labute approximate surface area is 149 Å². The number of halogens is 1. The van der Waals surface area contributed by atoms with E-state index in [1.807, 2.05) is 29.2 Å². The number of hydrogen-bond donors (Lipinski definition) is 1. The number of benzene rings is 1. The highest BCUT2D eigenvalue weighted by Gasteiger charge is 2.35. The predicted octanol–water partition coefficient (Wildman–Crippen LogP) is 3.03. The van der Waals surface area contributed by atoms with Gasteiger partial charge in [0.25, 0.3) is 0 Å². The van der Waals surface area contributed by atoms with Gasteiger partial charge in [0.05, 0.1) is 5.00 Å². The first-order valence-electron chi connectivity index (χ1n) is 7.61. The maximum atomic E-state index is 12.9. The lowest BCUT2D eigenvalue weighted by atomic mass is 9.91. The molecule has 1 saturated heterocycles. The maximum Gasteiger partial charge on any atom is 0.247 e. The molecule has 1 aromatic carbocycles. The molecule has 1 unspecified atom stereocenters. The zero-order chi connectivity index (χ0) is 16.4. The molecule has 1 aliphatic heterocycles. The third kappa shape index (κ3) is 3.44. The Morgan fingerprint density at radius 3 is 2.39 bits per heavy atom. The lowest BCUT2D eigenvalue weighted by Gasteiger charge is -2.39. The number of rotatable bonds is 3. The van der Waals surface area contributed by atoms with E-state index < -0.39 is 5.54 Å². The second-order valence-electron chi connectivity index (χ2n) is 5.94. The Morgan fingerprint density at radius 2 is 1.83 bits per heavy atom. The van der Waals surface area contributed by atoms with Crippen LogP contribution in [0.5, 0.6) is 0 Å². The standard InChI is InChI=1S/C17H20BrN3OS/c1-17(19,13-4-6-14(18)7-5-13)16(22)21-10-8-20(9-11-21)15-3-2-12-23-15/h2-7,12H,8-11,19H2,1H3. The first-order valence-corrected chi connectivity index (χ1v) is 9.28. The van der Waals surface area contributed by atoms with Gasteiger partial charge in [0.1, 0.15) is 5.54 Å². The molecule has 1 aliphatic rings. The maximum absolute atomic E-state index is 12.9. The van der Waals surface area contributed by atoms with Gasteiger partial charge in [0.2, 0.25) is 5.91 Å². The van der Waals surface area contributed by atoms with Crippen LogP contribution in [0.3, 0.4) is 0 Å². The summed E-state index contributed by atoms with van der Waals surface area (Å²) in [4.78, 5) is 17.1. The van der Waals surface area contributed by atoms with Crippen LogP contribution in [0.2, 0.25) is 0 Å². The van der Waals surface area contributed by atoms with Gasteiger partial charge in [0, 0.05) is 30.7 Å². The van der Waals surface area contributed by atoms with E-state index in [2.05, 4.69) is 38.3 Å². The molecule has 1 amide bonds. The largest absolute Gasteiger partial charge is 0.360 e. The second-order valence-corrected chi connectivity index (χ2v) is 7.78. The summed E-state index contributed by atoms with van der Waals surface area (Å²) in [7, 11) is 0. The highest BCUT2D eigenvalue weighted by atomic mass is 79.9. The van der Waals surface area contributed by atoms with E-state index >= 15 is 0 Å². The number of amides is 1. The van der Waals surface area contributed by atoms with Crippen molar-refractivity contribution >= 4 is 38.2 Å². The molecular weight excluding hydrogens is 374 g/mol. The van der Waals surface area contributed by atoms with E-state index in [-0.39, 0.29) is 5.91 Å². The van der Waals surface area contributed by atoms with Crippen LogP contribution in [0.1, 0.15) is 12.5 Å². The minimum atomic E-state index is -0.994. The summed E-state index contributed by atoms with van der Waals surface area (Å²) in [5, 5.41) is 3.35. The van der Waals surface area contributed by atoms with Gasteiger partial charge in [-0.3, -0.25) is 4.79 Å². The molecule has 0 bridgehead atoms. The number of hydrogen-bond acceptors (Lipinski definition) is 4. The van der Waals surface area contributed by atoms with Crippen molar-refractivity contribution in [2.24, 2.45) is 5.73 Å². The average Bonchev–Trinajstić information content (AvgIpc) is 3.09. The minimum Gasteiger partial charge on any atom is -0.360 e. The van der Waals surface area contributed by atoms with E-state index in [0.717, 1.165) is 23.1 Å². The molecule has 0 radical (unpaired) electrons. The van der Waals surface area contributed by atoms with Gasteiger partial charge in [-0.05, 0) is 42.1 Å². The van der Waals surface area contributed by atoms with Crippen LogP contribution in [0.4, 0.5) is 5.00 Å². The average molecular weight is 394 g/mol. The first kappa shape index (κ1) is 16.5. The molecule has 23 heavy (non-hydrogen) atoms. The van der Waals surface area contributed by atoms with Crippen molar-refractivity contribution in [3.05, 3.63) is 51.8 Å². The van der Waals surface area contributed by atoms with Crippen molar-refractivity contribution in [2.75, 3.05) is 31.1 Å². The van der Waals surface area contributed by atoms with Crippen molar-refractivity contribution < 1.29 is 4.79 Å². The number of nitrogens with zero attached hydrogens (tertiary/aromatic N) is 2. The third-order valence-electron chi connectivity index (χ3n) is 4.27. The zero-order valence-corrected chi connectivity index (χ0v) is 15.4.